The quantitative estimate of drug-likeness (QED) is 0.799. The summed E-state index contributed by atoms with van der Waals surface area (Å²) in [5.74, 6) is 0.450. The van der Waals surface area contributed by atoms with Crippen LogP contribution < -0.4 is 10.1 Å². The molecule has 1 amide bonds. The molecular weight excluding hydrogens is 294 g/mol. The van der Waals surface area contributed by atoms with E-state index in [1.165, 1.54) is 22.7 Å². The zero-order chi connectivity index (χ0) is 13.8. The molecule has 3 aromatic rings. The van der Waals surface area contributed by atoms with Crippen molar-refractivity contribution in [3.63, 3.8) is 0 Å². The zero-order valence-corrected chi connectivity index (χ0v) is 11.8. The van der Waals surface area contributed by atoms with Crippen LogP contribution >= 0.6 is 22.7 Å². The van der Waals surface area contributed by atoms with Crippen molar-refractivity contribution >= 4 is 33.7 Å². The van der Waals surface area contributed by atoms with E-state index < -0.39 is 0 Å². The number of nitrogens with one attached hydrogen (secondary N) is 1. The number of aromatic nitrogens is 2. The van der Waals surface area contributed by atoms with Crippen LogP contribution in [-0.4, -0.2) is 15.9 Å². The third-order valence-corrected chi connectivity index (χ3v) is 3.72. The van der Waals surface area contributed by atoms with Crippen molar-refractivity contribution < 1.29 is 9.53 Å². The van der Waals surface area contributed by atoms with Crippen LogP contribution in [0.4, 0.5) is 5.13 Å². The van der Waals surface area contributed by atoms with Crippen LogP contribution in [0.15, 0.2) is 47.4 Å². The monoisotopic (exact) mass is 303 g/mol. The average Bonchev–Trinajstić information content (AvgIpc) is 3.13. The Labute approximate surface area is 122 Å². The van der Waals surface area contributed by atoms with E-state index in [2.05, 4.69) is 15.3 Å². The van der Waals surface area contributed by atoms with Gasteiger partial charge in [0, 0.05) is 28.7 Å². The van der Waals surface area contributed by atoms with Gasteiger partial charge in [0.2, 0.25) is 0 Å². The molecule has 0 aliphatic rings. The van der Waals surface area contributed by atoms with E-state index in [0.717, 1.165) is 0 Å². The Balaban J connectivity index is 1.68. The van der Waals surface area contributed by atoms with Gasteiger partial charge in [0.05, 0.1) is 0 Å². The summed E-state index contributed by atoms with van der Waals surface area (Å²) in [7, 11) is 0. The number of carbonyl (C=O) groups is 1. The maximum Gasteiger partial charge on any atom is 0.278 e. The van der Waals surface area contributed by atoms with Crippen molar-refractivity contribution in [3.05, 3.63) is 53.0 Å². The van der Waals surface area contributed by atoms with Crippen molar-refractivity contribution in [1.29, 1.82) is 0 Å². The summed E-state index contributed by atoms with van der Waals surface area (Å²) in [5.41, 5.74) is 0.548. The molecule has 2 aromatic heterocycles. The van der Waals surface area contributed by atoms with Crippen molar-refractivity contribution in [2.75, 3.05) is 5.32 Å². The maximum atomic E-state index is 11.9. The highest BCUT2D eigenvalue weighted by Crippen LogP contribution is 2.23. The number of hydrogen-bond donors (Lipinski definition) is 1. The molecule has 7 heteroatoms. The predicted octanol–water partition coefficient (Wildman–Crippen LogP) is 3.64. The number of amides is 1. The van der Waals surface area contributed by atoms with Gasteiger partial charge in [-0.2, -0.15) is 0 Å². The summed E-state index contributed by atoms with van der Waals surface area (Å²) in [4.78, 5) is 20.0. The zero-order valence-electron chi connectivity index (χ0n) is 10.1. The number of nitrogens with zero attached hydrogens (tertiary/aromatic N) is 2. The lowest BCUT2D eigenvalue weighted by molar-refractivity contribution is 0.102. The minimum atomic E-state index is -0.194. The van der Waals surface area contributed by atoms with E-state index in [1.807, 2.05) is 5.38 Å². The van der Waals surface area contributed by atoms with Crippen LogP contribution in [0.25, 0.3) is 0 Å². The maximum absolute atomic E-state index is 11.9. The molecule has 0 spiro atoms. The van der Waals surface area contributed by atoms with E-state index in [-0.39, 0.29) is 5.91 Å². The fourth-order valence-electron chi connectivity index (χ4n) is 1.49. The van der Waals surface area contributed by atoms with Gasteiger partial charge in [-0.1, -0.05) is 11.3 Å². The summed E-state index contributed by atoms with van der Waals surface area (Å²) in [6.45, 7) is 0. The van der Waals surface area contributed by atoms with Crippen LogP contribution in [-0.2, 0) is 0 Å². The highest BCUT2D eigenvalue weighted by Gasteiger charge is 2.08. The molecule has 20 heavy (non-hydrogen) atoms. The third kappa shape index (κ3) is 3.01. The fraction of sp³-hybridized carbons (Fsp3) is 0. The summed E-state index contributed by atoms with van der Waals surface area (Å²) < 4.78 is 5.52. The molecule has 0 saturated heterocycles. The molecule has 100 valence electrons. The minimum absolute atomic E-state index is 0.194. The lowest BCUT2D eigenvalue weighted by atomic mass is 10.2. The molecule has 0 atom stereocenters. The van der Waals surface area contributed by atoms with E-state index in [1.54, 1.807) is 42.0 Å². The number of ether oxygens (including phenoxy) is 1. The van der Waals surface area contributed by atoms with Crippen LogP contribution in [0.5, 0.6) is 10.9 Å². The highest BCUT2D eigenvalue weighted by molar-refractivity contribution is 7.13. The van der Waals surface area contributed by atoms with E-state index in [0.29, 0.717) is 21.6 Å². The molecule has 0 aliphatic heterocycles. The van der Waals surface area contributed by atoms with Gasteiger partial charge in [-0.05, 0) is 24.3 Å². The second-order valence-corrected chi connectivity index (χ2v) is 5.47. The van der Waals surface area contributed by atoms with Crippen LogP contribution in [0.1, 0.15) is 10.4 Å². The predicted molar refractivity (Wildman–Crippen MR) is 78.7 cm³/mol. The van der Waals surface area contributed by atoms with Crippen LogP contribution in [0.2, 0.25) is 0 Å². The van der Waals surface area contributed by atoms with Crippen molar-refractivity contribution in [2.24, 2.45) is 0 Å². The van der Waals surface area contributed by atoms with E-state index in [4.69, 9.17) is 4.74 Å². The van der Waals surface area contributed by atoms with Gasteiger partial charge in [-0.3, -0.25) is 10.1 Å². The van der Waals surface area contributed by atoms with Gasteiger partial charge in [0.25, 0.3) is 11.1 Å². The first kappa shape index (κ1) is 12.8. The molecule has 0 aliphatic carbocycles. The number of hydrogen-bond acceptors (Lipinski definition) is 6. The highest BCUT2D eigenvalue weighted by atomic mass is 32.1. The molecule has 0 unspecified atom stereocenters. The minimum Gasteiger partial charge on any atom is -0.431 e. The van der Waals surface area contributed by atoms with Gasteiger partial charge in [-0.15, -0.1) is 11.3 Å². The van der Waals surface area contributed by atoms with Crippen molar-refractivity contribution in [1.82, 2.24) is 9.97 Å². The number of benzene rings is 1. The first-order valence-electron chi connectivity index (χ1n) is 5.69. The molecular formula is C13H9N3O2S2. The fourth-order valence-corrected chi connectivity index (χ4v) is 2.52. The summed E-state index contributed by atoms with van der Waals surface area (Å²) in [6, 6.07) is 6.87. The topological polar surface area (TPSA) is 64.1 Å². The van der Waals surface area contributed by atoms with Gasteiger partial charge in [-0.25, -0.2) is 9.97 Å². The second-order valence-electron chi connectivity index (χ2n) is 3.72. The van der Waals surface area contributed by atoms with Crippen molar-refractivity contribution in [3.8, 4) is 10.9 Å². The second kappa shape index (κ2) is 5.81. The normalized spacial score (nSPS) is 10.2. The molecule has 1 N–H and O–H groups in total. The first-order chi connectivity index (χ1) is 9.81. The number of rotatable bonds is 4. The third-order valence-electron chi connectivity index (χ3n) is 2.38. The molecule has 5 nitrogen and oxygen atoms in total. The van der Waals surface area contributed by atoms with Crippen molar-refractivity contribution in [2.45, 2.75) is 0 Å². The molecule has 3 rings (SSSR count). The van der Waals surface area contributed by atoms with Crippen LogP contribution in [0, 0.1) is 0 Å². The molecule has 0 saturated carbocycles. The molecule has 1 aromatic carbocycles. The smallest absolute Gasteiger partial charge is 0.278 e. The lowest BCUT2D eigenvalue weighted by Gasteiger charge is -2.04. The Hall–Kier alpha value is -2.25. The average molecular weight is 303 g/mol. The molecule has 0 bridgehead atoms. The molecule has 0 fully saturated rings. The Morgan fingerprint density at radius 3 is 2.45 bits per heavy atom. The standard InChI is InChI=1S/C13H9N3O2S2/c17-11(16-12-14-5-7-19-12)9-1-3-10(4-2-9)18-13-15-6-8-20-13/h1-8H,(H,14,16,17). The van der Waals surface area contributed by atoms with Gasteiger partial charge in [0.15, 0.2) is 5.13 Å². The summed E-state index contributed by atoms with van der Waals surface area (Å²) >= 11 is 2.79. The van der Waals surface area contributed by atoms with E-state index in [9.17, 15) is 4.79 Å². The Morgan fingerprint density at radius 2 is 1.80 bits per heavy atom. The van der Waals surface area contributed by atoms with E-state index >= 15 is 0 Å². The number of thiazole rings is 2. The van der Waals surface area contributed by atoms with Gasteiger partial charge >= 0.3 is 0 Å². The Morgan fingerprint density at radius 1 is 1.05 bits per heavy atom. The van der Waals surface area contributed by atoms with Gasteiger partial charge in [0.1, 0.15) is 5.75 Å². The SMILES string of the molecule is O=C(Nc1nccs1)c1ccc(Oc2nccs2)cc1. The molecule has 2 heterocycles. The molecule has 0 radical (unpaired) electrons. The van der Waals surface area contributed by atoms with Gasteiger partial charge < -0.3 is 4.74 Å². The van der Waals surface area contributed by atoms with Crippen LogP contribution in [0.3, 0.4) is 0 Å². The Kier molecular flexibility index (Phi) is 3.71. The number of anilines is 1. The largest absolute Gasteiger partial charge is 0.431 e. The number of carbonyl (C=O) groups excluding carboxylic acids is 1. The first-order valence-corrected chi connectivity index (χ1v) is 7.45. The summed E-state index contributed by atoms with van der Waals surface area (Å²) in [5, 5.41) is 7.52. The Bertz CT molecular complexity index is 679. The lowest BCUT2D eigenvalue weighted by Crippen LogP contribution is -2.11. The summed E-state index contributed by atoms with van der Waals surface area (Å²) in [6.07, 6.45) is 3.32.